The van der Waals surface area contributed by atoms with Gasteiger partial charge in [-0.3, -0.25) is 19.2 Å². The van der Waals surface area contributed by atoms with Crippen LogP contribution in [0.15, 0.2) is 9.59 Å². The number of rotatable bonds is 5. The van der Waals surface area contributed by atoms with Gasteiger partial charge in [-0.05, 0) is 37.6 Å². The number of aryl methyl sites for hydroxylation is 2. The van der Waals surface area contributed by atoms with Crippen molar-refractivity contribution in [3.63, 3.8) is 0 Å². The van der Waals surface area contributed by atoms with E-state index < -0.39 is 0 Å². The summed E-state index contributed by atoms with van der Waals surface area (Å²) in [6, 6.07) is 0. The molecule has 1 saturated carbocycles. The first-order valence-corrected chi connectivity index (χ1v) is 10.5. The normalized spacial score (nSPS) is 23.6. The van der Waals surface area contributed by atoms with Crippen molar-refractivity contribution in [2.24, 2.45) is 18.9 Å². The second-order valence-electron chi connectivity index (χ2n) is 8.35. The second kappa shape index (κ2) is 7.62. The van der Waals surface area contributed by atoms with Gasteiger partial charge in [-0.25, -0.2) is 9.78 Å². The number of unbranched alkanes of at least 4 members (excludes halogenated alkanes) is 1. The van der Waals surface area contributed by atoms with Gasteiger partial charge in [-0.2, -0.15) is 0 Å². The van der Waals surface area contributed by atoms with E-state index in [1.54, 1.807) is 4.57 Å². The molecular weight excluding hydrogens is 342 g/mol. The predicted octanol–water partition coefficient (Wildman–Crippen LogP) is 2.24. The smallest absolute Gasteiger partial charge is 0.324 e. The summed E-state index contributed by atoms with van der Waals surface area (Å²) < 4.78 is 3.50. The van der Waals surface area contributed by atoms with E-state index >= 15 is 0 Å². The third-order valence-corrected chi connectivity index (χ3v) is 6.58. The number of hydrogen-bond donors (Lipinski definition) is 1. The Labute approximate surface area is 159 Å². The van der Waals surface area contributed by atoms with Crippen LogP contribution >= 0.6 is 0 Å². The summed E-state index contributed by atoms with van der Waals surface area (Å²) in [5.41, 5.74) is 0.346. The third kappa shape index (κ3) is 3.49. The first-order chi connectivity index (χ1) is 13.1. The van der Waals surface area contributed by atoms with E-state index in [4.69, 9.17) is 4.98 Å². The number of aromatic amines is 1. The van der Waals surface area contributed by atoms with Crippen LogP contribution in [-0.4, -0.2) is 37.1 Å². The van der Waals surface area contributed by atoms with E-state index in [1.807, 2.05) is 11.6 Å². The molecule has 2 fully saturated rings. The Hall–Kier alpha value is -1.89. The Balaban J connectivity index is 1.62. The molecule has 7 nitrogen and oxygen atoms in total. The molecule has 0 spiro atoms. The average Bonchev–Trinajstić information content (AvgIpc) is 2.98. The SMILES string of the molecule is CCCCn1c(=O)[nH]c(=O)c2c1nc(CN1CC[C@@H]3CCCC[C@@H]3C1)n2C. The molecule has 0 bridgehead atoms. The maximum Gasteiger partial charge on any atom is 0.330 e. The molecule has 148 valence electrons. The molecule has 3 heterocycles. The van der Waals surface area contributed by atoms with E-state index in [-0.39, 0.29) is 11.2 Å². The fourth-order valence-electron chi connectivity index (χ4n) is 4.98. The van der Waals surface area contributed by atoms with Crippen molar-refractivity contribution < 1.29 is 0 Å². The highest BCUT2D eigenvalue weighted by molar-refractivity contribution is 5.70. The zero-order valence-corrected chi connectivity index (χ0v) is 16.5. The van der Waals surface area contributed by atoms with Crippen LogP contribution in [0.2, 0.25) is 0 Å². The first-order valence-electron chi connectivity index (χ1n) is 10.5. The summed E-state index contributed by atoms with van der Waals surface area (Å²) in [6.07, 6.45) is 8.65. The number of likely N-dealkylation sites (tertiary alicyclic amines) is 1. The fraction of sp³-hybridized carbons (Fsp3) is 0.750. The minimum absolute atomic E-state index is 0.338. The molecule has 0 aromatic carbocycles. The zero-order valence-electron chi connectivity index (χ0n) is 16.5. The minimum Gasteiger partial charge on any atom is -0.324 e. The van der Waals surface area contributed by atoms with Gasteiger partial charge >= 0.3 is 5.69 Å². The number of nitrogens with zero attached hydrogens (tertiary/aromatic N) is 4. The molecule has 2 aromatic heterocycles. The van der Waals surface area contributed by atoms with Crippen LogP contribution in [0.1, 0.15) is 57.7 Å². The largest absolute Gasteiger partial charge is 0.330 e. The highest BCUT2D eigenvalue weighted by Gasteiger charge is 2.31. The lowest BCUT2D eigenvalue weighted by Gasteiger charge is -2.41. The Morgan fingerprint density at radius 3 is 2.70 bits per heavy atom. The van der Waals surface area contributed by atoms with Crippen LogP contribution < -0.4 is 11.2 Å². The van der Waals surface area contributed by atoms with E-state index in [0.717, 1.165) is 50.1 Å². The summed E-state index contributed by atoms with van der Waals surface area (Å²) in [5, 5.41) is 0. The van der Waals surface area contributed by atoms with Gasteiger partial charge in [0.05, 0.1) is 6.54 Å². The quantitative estimate of drug-likeness (QED) is 0.872. The van der Waals surface area contributed by atoms with Crippen molar-refractivity contribution in [2.75, 3.05) is 13.1 Å². The van der Waals surface area contributed by atoms with Crippen molar-refractivity contribution in [2.45, 2.75) is 65.0 Å². The van der Waals surface area contributed by atoms with E-state index in [2.05, 4.69) is 16.8 Å². The van der Waals surface area contributed by atoms with E-state index in [1.165, 1.54) is 32.1 Å². The highest BCUT2D eigenvalue weighted by Crippen LogP contribution is 2.36. The maximum atomic E-state index is 12.4. The molecule has 7 heteroatoms. The van der Waals surface area contributed by atoms with Crippen LogP contribution in [0, 0.1) is 11.8 Å². The molecule has 2 aromatic rings. The summed E-state index contributed by atoms with van der Waals surface area (Å²) in [7, 11) is 1.89. The lowest BCUT2D eigenvalue weighted by atomic mass is 9.75. The summed E-state index contributed by atoms with van der Waals surface area (Å²) in [6.45, 7) is 5.66. The minimum atomic E-state index is -0.353. The molecule has 0 unspecified atom stereocenters. The first kappa shape index (κ1) is 18.5. The van der Waals surface area contributed by atoms with E-state index in [9.17, 15) is 9.59 Å². The third-order valence-electron chi connectivity index (χ3n) is 6.58. The van der Waals surface area contributed by atoms with Crippen molar-refractivity contribution in [1.82, 2.24) is 24.0 Å². The zero-order chi connectivity index (χ0) is 19.0. The number of fused-ring (bicyclic) bond motifs is 2. The Morgan fingerprint density at radius 1 is 1.15 bits per heavy atom. The van der Waals surface area contributed by atoms with Gasteiger partial charge < -0.3 is 4.57 Å². The van der Waals surface area contributed by atoms with Gasteiger partial charge in [0, 0.05) is 20.1 Å². The van der Waals surface area contributed by atoms with Gasteiger partial charge in [0.2, 0.25) is 0 Å². The standard InChI is InChI=1S/C20H31N5O2/c1-3-4-10-25-18-17(19(26)22-20(25)27)23(2)16(21-18)13-24-11-9-14-7-5-6-8-15(14)12-24/h14-15H,3-13H2,1-2H3,(H,22,26,27)/t14-,15+/m0/s1. The van der Waals surface area contributed by atoms with Crippen molar-refractivity contribution >= 4 is 11.2 Å². The molecule has 1 aliphatic carbocycles. The van der Waals surface area contributed by atoms with Gasteiger partial charge in [0.1, 0.15) is 5.82 Å². The van der Waals surface area contributed by atoms with Gasteiger partial charge in [-0.15, -0.1) is 0 Å². The summed E-state index contributed by atoms with van der Waals surface area (Å²) >= 11 is 0. The molecule has 1 saturated heterocycles. The molecule has 1 aliphatic heterocycles. The molecule has 27 heavy (non-hydrogen) atoms. The average molecular weight is 374 g/mol. The van der Waals surface area contributed by atoms with Crippen molar-refractivity contribution in [3.05, 3.63) is 26.7 Å². The predicted molar refractivity (Wildman–Crippen MR) is 106 cm³/mol. The monoisotopic (exact) mass is 373 g/mol. The van der Waals surface area contributed by atoms with Crippen LogP contribution in [0.25, 0.3) is 11.2 Å². The molecule has 0 amide bonds. The number of piperidine rings is 1. The van der Waals surface area contributed by atoms with Crippen molar-refractivity contribution in [3.8, 4) is 0 Å². The second-order valence-corrected chi connectivity index (χ2v) is 8.35. The lowest BCUT2D eigenvalue weighted by Crippen LogP contribution is -2.41. The number of nitrogens with one attached hydrogen (secondary N) is 1. The van der Waals surface area contributed by atoms with Crippen molar-refractivity contribution in [1.29, 1.82) is 0 Å². The molecule has 1 N–H and O–H groups in total. The molecule has 0 radical (unpaired) electrons. The van der Waals surface area contributed by atoms with Crippen LogP contribution in [0.3, 0.4) is 0 Å². The molecule has 2 aliphatic rings. The summed E-state index contributed by atoms with van der Waals surface area (Å²) in [4.78, 5) is 34.4. The maximum absolute atomic E-state index is 12.4. The topological polar surface area (TPSA) is 75.9 Å². The number of aromatic nitrogens is 4. The van der Waals surface area contributed by atoms with Crippen LogP contribution in [0.4, 0.5) is 0 Å². The lowest BCUT2D eigenvalue weighted by molar-refractivity contribution is 0.0798. The van der Waals surface area contributed by atoms with Gasteiger partial charge in [-0.1, -0.05) is 32.6 Å². The fourth-order valence-corrected chi connectivity index (χ4v) is 4.98. The Kier molecular flexibility index (Phi) is 5.21. The number of H-pyrrole nitrogens is 1. The molecule has 2 atom stereocenters. The Morgan fingerprint density at radius 2 is 1.93 bits per heavy atom. The number of imidazole rings is 1. The van der Waals surface area contributed by atoms with E-state index in [0.29, 0.717) is 17.7 Å². The highest BCUT2D eigenvalue weighted by atomic mass is 16.2. The van der Waals surface area contributed by atoms with Gasteiger partial charge in [0.15, 0.2) is 11.2 Å². The Bertz CT molecular complexity index is 925. The van der Waals surface area contributed by atoms with Crippen LogP contribution in [0.5, 0.6) is 0 Å². The molecular formula is C20H31N5O2. The van der Waals surface area contributed by atoms with Gasteiger partial charge in [0.25, 0.3) is 5.56 Å². The van der Waals surface area contributed by atoms with Crippen LogP contribution in [-0.2, 0) is 20.1 Å². The number of hydrogen-bond acceptors (Lipinski definition) is 4. The summed E-state index contributed by atoms with van der Waals surface area (Å²) in [5.74, 6) is 2.59. The molecule has 4 rings (SSSR count).